The molecule has 2 heterocycles. The number of ether oxygens (including phenoxy) is 1. The van der Waals surface area contributed by atoms with Gasteiger partial charge in [0.1, 0.15) is 10.7 Å². The first-order valence-electron chi connectivity index (χ1n) is 12.0. The van der Waals surface area contributed by atoms with Gasteiger partial charge in [-0.2, -0.15) is 0 Å². The van der Waals surface area contributed by atoms with Crippen LogP contribution < -0.4 is 5.32 Å². The highest BCUT2D eigenvalue weighted by atomic mass is 32.1. The number of amides is 4. The molecule has 0 radical (unpaired) electrons. The highest BCUT2D eigenvalue weighted by Crippen LogP contribution is 2.20. The van der Waals surface area contributed by atoms with Gasteiger partial charge in [-0.15, -0.1) is 11.3 Å². The smallest absolute Gasteiger partial charge is 0.409 e. The van der Waals surface area contributed by atoms with Crippen LogP contribution >= 0.6 is 11.3 Å². The lowest BCUT2D eigenvalue weighted by Crippen LogP contribution is -2.50. The number of aromatic nitrogens is 1. The summed E-state index contributed by atoms with van der Waals surface area (Å²) in [5.41, 5.74) is 2.32. The van der Waals surface area contributed by atoms with E-state index in [0.717, 1.165) is 5.69 Å². The van der Waals surface area contributed by atoms with E-state index in [9.17, 15) is 14.4 Å². The predicted octanol–water partition coefficient (Wildman–Crippen LogP) is 4.62. The van der Waals surface area contributed by atoms with Crippen LogP contribution in [0.2, 0.25) is 0 Å². The Labute approximate surface area is 211 Å². The van der Waals surface area contributed by atoms with E-state index < -0.39 is 0 Å². The molecule has 1 aromatic heterocycles. The number of carbonyl (C=O) groups is 3. The number of nitrogens with zero attached hydrogens (tertiary/aromatic N) is 4. The highest BCUT2D eigenvalue weighted by molar-refractivity contribution is 7.09. The summed E-state index contributed by atoms with van der Waals surface area (Å²) in [5.74, 6) is 0.261. The summed E-state index contributed by atoms with van der Waals surface area (Å²) in [6.45, 7) is 12.3. The number of piperazine rings is 1. The second-order valence-corrected chi connectivity index (χ2v) is 9.98. The lowest BCUT2D eigenvalue weighted by Gasteiger charge is -2.33. The number of benzene rings is 1. The summed E-state index contributed by atoms with van der Waals surface area (Å²) in [4.78, 5) is 47.3. The monoisotopic (exact) mass is 501 g/mol. The van der Waals surface area contributed by atoms with Gasteiger partial charge in [-0.25, -0.2) is 14.6 Å². The summed E-state index contributed by atoms with van der Waals surface area (Å²) in [6.07, 6.45) is -0.349. The van der Waals surface area contributed by atoms with Crippen molar-refractivity contribution in [1.82, 2.24) is 19.7 Å². The van der Waals surface area contributed by atoms with E-state index in [1.807, 2.05) is 38.1 Å². The fourth-order valence-corrected chi connectivity index (χ4v) is 4.50. The minimum Gasteiger partial charge on any atom is -0.450 e. The minimum absolute atomic E-state index is 0.0519. The number of thiazole rings is 1. The van der Waals surface area contributed by atoms with Crippen LogP contribution in [0.25, 0.3) is 0 Å². The maximum atomic E-state index is 13.0. The van der Waals surface area contributed by atoms with Gasteiger partial charge < -0.3 is 24.8 Å². The molecule has 1 aromatic carbocycles. The average Bonchev–Trinajstić information content (AvgIpc) is 3.31. The zero-order chi connectivity index (χ0) is 25.5. The van der Waals surface area contributed by atoms with Gasteiger partial charge in [0.15, 0.2) is 0 Å². The summed E-state index contributed by atoms with van der Waals surface area (Å²) in [7, 11) is 0. The zero-order valence-electron chi connectivity index (χ0n) is 21.1. The predicted molar refractivity (Wildman–Crippen MR) is 137 cm³/mol. The van der Waals surface area contributed by atoms with E-state index in [1.54, 1.807) is 27.0 Å². The molecule has 1 fully saturated rings. The van der Waals surface area contributed by atoms with Crippen molar-refractivity contribution < 1.29 is 19.1 Å². The first-order chi connectivity index (χ1) is 16.7. The van der Waals surface area contributed by atoms with Crippen LogP contribution in [0, 0.1) is 0 Å². The van der Waals surface area contributed by atoms with Gasteiger partial charge in [-0.1, -0.05) is 26.0 Å². The van der Waals surface area contributed by atoms with Crippen LogP contribution in [0.1, 0.15) is 61.6 Å². The Morgan fingerprint density at radius 3 is 2.26 bits per heavy atom. The standard InChI is InChI=1S/C25H35N5O4S/c1-6-34-25(33)29-13-11-28(12-14-29)23(31)21-16-35-22(27-21)15-30(18(4)5)24(32)26-20-9-7-19(8-10-20)17(2)3/h7-10,16-18H,6,11-15H2,1-5H3,(H,26,32). The van der Waals surface area contributed by atoms with Gasteiger partial charge in [0.05, 0.1) is 13.2 Å². The molecule has 1 saturated heterocycles. The van der Waals surface area contributed by atoms with Crippen molar-refractivity contribution in [1.29, 1.82) is 0 Å². The fraction of sp³-hybridized carbons (Fsp3) is 0.520. The summed E-state index contributed by atoms with van der Waals surface area (Å²) in [5, 5.41) is 5.38. The van der Waals surface area contributed by atoms with Crippen molar-refractivity contribution >= 4 is 35.1 Å². The maximum Gasteiger partial charge on any atom is 0.409 e. The Morgan fingerprint density at radius 1 is 1.06 bits per heavy atom. The van der Waals surface area contributed by atoms with E-state index >= 15 is 0 Å². The van der Waals surface area contributed by atoms with Crippen molar-refractivity contribution in [2.24, 2.45) is 0 Å². The van der Waals surface area contributed by atoms with Crippen molar-refractivity contribution in [3.63, 3.8) is 0 Å². The molecule has 2 aromatic rings. The molecule has 0 aliphatic carbocycles. The van der Waals surface area contributed by atoms with E-state index in [2.05, 4.69) is 24.1 Å². The topological polar surface area (TPSA) is 95.1 Å². The molecule has 1 aliphatic rings. The molecule has 9 nitrogen and oxygen atoms in total. The number of nitrogens with one attached hydrogen (secondary N) is 1. The molecule has 0 spiro atoms. The third kappa shape index (κ3) is 6.94. The summed E-state index contributed by atoms with van der Waals surface area (Å²) < 4.78 is 5.03. The van der Waals surface area contributed by atoms with E-state index in [-0.39, 0.29) is 24.1 Å². The number of rotatable bonds is 7. The normalized spacial score (nSPS) is 13.8. The number of carbonyl (C=O) groups excluding carboxylic acids is 3. The number of urea groups is 1. The van der Waals surface area contributed by atoms with E-state index in [1.165, 1.54) is 16.9 Å². The first kappa shape index (κ1) is 26.5. The molecule has 0 bridgehead atoms. The third-order valence-corrected chi connectivity index (χ3v) is 6.72. The molecule has 1 N–H and O–H groups in total. The second kappa shape index (κ2) is 12.0. The Kier molecular flexibility index (Phi) is 9.08. The zero-order valence-corrected chi connectivity index (χ0v) is 21.9. The molecule has 1 aliphatic heterocycles. The van der Waals surface area contributed by atoms with Crippen LogP contribution in [-0.4, -0.2) is 76.5 Å². The van der Waals surface area contributed by atoms with E-state index in [4.69, 9.17) is 4.74 Å². The molecule has 4 amide bonds. The third-order valence-electron chi connectivity index (χ3n) is 5.88. The summed E-state index contributed by atoms with van der Waals surface area (Å²) in [6, 6.07) is 7.59. The summed E-state index contributed by atoms with van der Waals surface area (Å²) >= 11 is 1.36. The van der Waals surface area contributed by atoms with Gasteiger partial charge in [0.25, 0.3) is 5.91 Å². The molecule has 0 atom stereocenters. The van der Waals surface area contributed by atoms with E-state index in [0.29, 0.717) is 56.0 Å². The Hall–Kier alpha value is -3.14. The van der Waals surface area contributed by atoms with Gasteiger partial charge in [-0.05, 0) is 44.4 Å². The van der Waals surface area contributed by atoms with Crippen LogP contribution in [0.15, 0.2) is 29.6 Å². The van der Waals surface area contributed by atoms with Crippen LogP contribution in [0.3, 0.4) is 0 Å². The average molecular weight is 502 g/mol. The van der Waals surface area contributed by atoms with Gasteiger partial charge >= 0.3 is 12.1 Å². The lowest BCUT2D eigenvalue weighted by molar-refractivity contribution is 0.0566. The number of hydrogen-bond acceptors (Lipinski definition) is 6. The van der Waals surface area contributed by atoms with Crippen molar-refractivity contribution in [2.75, 3.05) is 38.1 Å². The Balaban J connectivity index is 1.59. The molecule has 190 valence electrons. The van der Waals surface area contributed by atoms with Crippen LogP contribution in [0.5, 0.6) is 0 Å². The van der Waals surface area contributed by atoms with Gasteiger partial charge in [0.2, 0.25) is 0 Å². The minimum atomic E-state index is -0.349. The number of anilines is 1. The molecule has 0 saturated carbocycles. The van der Waals surface area contributed by atoms with Crippen molar-refractivity contribution in [3.05, 3.63) is 45.9 Å². The Morgan fingerprint density at radius 2 is 1.69 bits per heavy atom. The fourth-order valence-electron chi connectivity index (χ4n) is 3.73. The van der Waals surface area contributed by atoms with Crippen molar-refractivity contribution in [3.8, 4) is 0 Å². The molecule has 10 heteroatoms. The lowest BCUT2D eigenvalue weighted by atomic mass is 10.0. The molecular weight excluding hydrogens is 466 g/mol. The Bertz CT molecular complexity index is 1010. The van der Waals surface area contributed by atoms with Crippen LogP contribution in [-0.2, 0) is 11.3 Å². The largest absolute Gasteiger partial charge is 0.450 e. The first-order valence-corrected chi connectivity index (χ1v) is 12.9. The quantitative estimate of drug-likeness (QED) is 0.597. The molecule has 0 unspecified atom stereocenters. The van der Waals surface area contributed by atoms with Crippen LogP contribution in [0.4, 0.5) is 15.3 Å². The highest BCUT2D eigenvalue weighted by Gasteiger charge is 2.27. The second-order valence-electron chi connectivity index (χ2n) is 9.03. The molecule has 35 heavy (non-hydrogen) atoms. The molecular formula is C25H35N5O4S. The number of hydrogen-bond donors (Lipinski definition) is 1. The SMILES string of the molecule is CCOC(=O)N1CCN(C(=O)c2csc(CN(C(=O)Nc3ccc(C(C)C)cc3)C(C)C)n2)CC1. The van der Waals surface area contributed by atoms with Gasteiger partial charge in [-0.3, -0.25) is 4.79 Å². The van der Waals surface area contributed by atoms with Crippen molar-refractivity contribution in [2.45, 2.75) is 53.1 Å². The molecule has 3 rings (SSSR count). The van der Waals surface area contributed by atoms with Gasteiger partial charge in [0, 0.05) is 43.3 Å². The maximum absolute atomic E-state index is 13.0.